The second-order valence-electron chi connectivity index (χ2n) is 3.84. The molecule has 116 valence electrons. The van der Waals surface area contributed by atoms with Crippen LogP contribution in [-0.4, -0.2) is 74.0 Å². The van der Waals surface area contributed by atoms with Gasteiger partial charge in [-0.3, -0.25) is 0 Å². The standard InChI is InChI=1S/C10H27NO6Si2/c1-12-9(13-2,14-3)7-18-11-19-8-10(15-4,16-5)17-6/h11H,7-8,18-19H2,1-6H3. The molecule has 0 heterocycles. The molecule has 0 unspecified atom stereocenters. The molecule has 19 heavy (non-hydrogen) atoms. The van der Waals surface area contributed by atoms with Gasteiger partial charge < -0.3 is 33.1 Å². The van der Waals surface area contributed by atoms with Crippen molar-refractivity contribution in [3.63, 3.8) is 0 Å². The SMILES string of the molecule is COC(C[SiH2]N[SiH2]CC(OC)(OC)OC)(OC)OC. The number of ether oxygens (including phenoxy) is 6. The fourth-order valence-electron chi connectivity index (χ4n) is 1.72. The highest BCUT2D eigenvalue weighted by Gasteiger charge is 2.30. The normalized spacial score (nSPS) is 14.2. The van der Waals surface area contributed by atoms with Crippen molar-refractivity contribution in [3.05, 3.63) is 0 Å². The average molecular weight is 313 g/mol. The maximum atomic E-state index is 5.24. The Hall–Kier alpha value is 0.154. The van der Waals surface area contributed by atoms with Gasteiger partial charge in [0.2, 0.25) is 0 Å². The van der Waals surface area contributed by atoms with Gasteiger partial charge in [-0.25, -0.2) is 0 Å². The molecule has 0 amide bonds. The van der Waals surface area contributed by atoms with Crippen molar-refractivity contribution in [2.75, 3.05) is 42.7 Å². The quantitative estimate of drug-likeness (QED) is 0.275. The summed E-state index contributed by atoms with van der Waals surface area (Å²) in [7, 11) is 8.35. The Morgan fingerprint density at radius 2 is 0.895 bits per heavy atom. The third kappa shape index (κ3) is 5.98. The molecule has 0 radical (unpaired) electrons. The van der Waals surface area contributed by atoms with Crippen molar-refractivity contribution in [1.82, 2.24) is 4.65 Å². The lowest BCUT2D eigenvalue weighted by Crippen LogP contribution is -2.43. The summed E-state index contributed by atoms with van der Waals surface area (Å²) in [6.07, 6.45) is 0. The molecule has 0 aliphatic rings. The molecule has 0 saturated carbocycles. The van der Waals surface area contributed by atoms with Crippen LogP contribution in [0.5, 0.6) is 0 Å². The van der Waals surface area contributed by atoms with Crippen LogP contribution in [0.2, 0.25) is 12.1 Å². The number of rotatable bonds is 12. The van der Waals surface area contributed by atoms with Gasteiger partial charge in [-0.05, 0) is 0 Å². The van der Waals surface area contributed by atoms with Crippen molar-refractivity contribution in [1.29, 1.82) is 0 Å². The molecule has 0 saturated heterocycles. The first-order valence-corrected chi connectivity index (χ1v) is 9.50. The summed E-state index contributed by atoms with van der Waals surface area (Å²) >= 11 is 0. The molecule has 0 aliphatic carbocycles. The van der Waals surface area contributed by atoms with Gasteiger partial charge in [0, 0.05) is 54.7 Å². The molecule has 7 nitrogen and oxygen atoms in total. The van der Waals surface area contributed by atoms with E-state index in [0.717, 1.165) is 12.1 Å². The topological polar surface area (TPSA) is 67.4 Å². The van der Waals surface area contributed by atoms with Crippen molar-refractivity contribution in [2.24, 2.45) is 0 Å². The van der Waals surface area contributed by atoms with Crippen LogP contribution in [-0.2, 0) is 28.4 Å². The molecule has 0 rings (SSSR count). The third-order valence-electron chi connectivity index (χ3n) is 3.08. The van der Waals surface area contributed by atoms with Gasteiger partial charge in [-0.15, -0.1) is 0 Å². The van der Waals surface area contributed by atoms with Crippen LogP contribution in [0.3, 0.4) is 0 Å². The van der Waals surface area contributed by atoms with Crippen LogP contribution >= 0.6 is 0 Å². The van der Waals surface area contributed by atoms with Gasteiger partial charge in [-0.1, -0.05) is 0 Å². The summed E-state index contributed by atoms with van der Waals surface area (Å²) in [4.78, 5) is 0. The Morgan fingerprint density at radius 1 is 0.632 bits per heavy atom. The molecule has 0 aromatic carbocycles. The first-order chi connectivity index (χ1) is 9.07. The van der Waals surface area contributed by atoms with Crippen molar-refractivity contribution >= 4 is 19.4 Å². The van der Waals surface area contributed by atoms with Gasteiger partial charge in [0.1, 0.15) is 0 Å². The van der Waals surface area contributed by atoms with Gasteiger partial charge in [0.05, 0.1) is 19.4 Å². The van der Waals surface area contributed by atoms with E-state index in [1.165, 1.54) is 0 Å². The Bertz CT molecular complexity index is 188. The second kappa shape index (κ2) is 9.96. The zero-order valence-electron chi connectivity index (χ0n) is 12.8. The Balaban J connectivity index is 3.98. The summed E-state index contributed by atoms with van der Waals surface area (Å²) in [5.74, 6) is -1.84. The number of hydrogen-bond acceptors (Lipinski definition) is 7. The smallest absolute Gasteiger partial charge is 0.280 e. The maximum Gasteiger partial charge on any atom is 0.280 e. The third-order valence-corrected chi connectivity index (χ3v) is 7.64. The van der Waals surface area contributed by atoms with Crippen LogP contribution in [0.1, 0.15) is 0 Å². The lowest BCUT2D eigenvalue weighted by Gasteiger charge is -2.30. The van der Waals surface area contributed by atoms with Crippen LogP contribution < -0.4 is 4.65 Å². The van der Waals surface area contributed by atoms with Crippen LogP contribution in [0, 0.1) is 0 Å². The highest BCUT2D eigenvalue weighted by atomic mass is 28.3. The van der Waals surface area contributed by atoms with Gasteiger partial charge >= 0.3 is 0 Å². The molecular formula is C10H27NO6Si2. The monoisotopic (exact) mass is 313 g/mol. The van der Waals surface area contributed by atoms with Crippen LogP contribution in [0.4, 0.5) is 0 Å². The van der Waals surface area contributed by atoms with E-state index >= 15 is 0 Å². The minimum absolute atomic E-state index is 0.548. The Labute approximate surface area is 120 Å². The van der Waals surface area contributed by atoms with Crippen molar-refractivity contribution in [2.45, 2.75) is 24.0 Å². The molecule has 0 spiro atoms. The van der Waals surface area contributed by atoms with Gasteiger partial charge in [0.15, 0.2) is 0 Å². The van der Waals surface area contributed by atoms with Gasteiger partial charge in [-0.2, -0.15) is 0 Å². The highest BCUT2D eigenvalue weighted by molar-refractivity contribution is 6.50. The van der Waals surface area contributed by atoms with Crippen molar-refractivity contribution in [3.8, 4) is 0 Å². The van der Waals surface area contributed by atoms with Gasteiger partial charge in [0.25, 0.3) is 11.9 Å². The van der Waals surface area contributed by atoms with Crippen molar-refractivity contribution < 1.29 is 28.4 Å². The second-order valence-corrected chi connectivity index (χ2v) is 7.84. The highest BCUT2D eigenvalue weighted by Crippen LogP contribution is 2.18. The van der Waals surface area contributed by atoms with Crippen LogP contribution in [0.25, 0.3) is 0 Å². The minimum Gasteiger partial charge on any atom is -0.369 e. The molecular weight excluding hydrogens is 286 g/mol. The number of hydrogen-bond donors (Lipinski definition) is 1. The summed E-state index contributed by atoms with van der Waals surface area (Å²) in [5.41, 5.74) is 0. The zero-order valence-corrected chi connectivity index (χ0v) is 15.6. The maximum absolute atomic E-state index is 5.24. The molecule has 1 N–H and O–H groups in total. The Morgan fingerprint density at radius 3 is 1.11 bits per heavy atom. The summed E-state index contributed by atoms with van der Waals surface area (Å²) in [5, 5.41) is 0. The molecule has 0 atom stereocenters. The number of methoxy groups -OCH3 is 6. The molecule has 0 aromatic heterocycles. The van der Waals surface area contributed by atoms with E-state index in [9.17, 15) is 0 Å². The van der Waals surface area contributed by atoms with E-state index in [4.69, 9.17) is 28.4 Å². The van der Waals surface area contributed by atoms with Crippen LogP contribution in [0.15, 0.2) is 0 Å². The summed E-state index contributed by atoms with van der Waals surface area (Å²) in [6, 6.07) is 1.45. The minimum atomic E-state index is -0.922. The number of nitrogens with one attached hydrogen (secondary N) is 1. The molecule has 0 fully saturated rings. The van der Waals surface area contributed by atoms with E-state index in [2.05, 4.69) is 4.65 Å². The lowest BCUT2D eigenvalue weighted by atomic mass is 10.6. The van der Waals surface area contributed by atoms with E-state index in [1.807, 2.05) is 0 Å². The van der Waals surface area contributed by atoms with E-state index in [-0.39, 0.29) is 0 Å². The zero-order chi connectivity index (χ0) is 14.8. The fraction of sp³-hybridized carbons (Fsp3) is 1.00. The first-order valence-electron chi connectivity index (χ1n) is 6.09. The summed E-state index contributed by atoms with van der Waals surface area (Å²) in [6.45, 7) is 0. The lowest BCUT2D eigenvalue weighted by molar-refractivity contribution is -0.339. The Kier molecular flexibility index (Phi) is 10.0. The molecule has 0 bridgehead atoms. The predicted molar refractivity (Wildman–Crippen MR) is 77.4 cm³/mol. The predicted octanol–water partition coefficient (Wildman–Crippen LogP) is -1.23. The average Bonchev–Trinajstić information content (AvgIpc) is 2.48. The molecule has 0 aliphatic heterocycles. The van der Waals surface area contributed by atoms with E-state index < -0.39 is 31.3 Å². The molecule has 0 aromatic rings. The van der Waals surface area contributed by atoms with E-state index in [0.29, 0.717) is 0 Å². The van der Waals surface area contributed by atoms with E-state index in [1.54, 1.807) is 42.7 Å². The molecule has 9 heteroatoms. The fourth-order valence-corrected chi connectivity index (χ4v) is 5.97. The summed E-state index contributed by atoms with van der Waals surface area (Å²) < 4.78 is 34.9. The largest absolute Gasteiger partial charge is 0.369 e. The first kappa shape index (κ1) is 19.2.